The number of hydrogen-bond donors (Lipinski definition) is 0. The molecule has 6 heteroatoms. The standard InChI is InChI=1S/C21H22N4O2/c1-16-14-19(27-23-16)15-24-10-12-25(13-11-24)20(26)8-7-18-5-2-4-17-6-3-9-22-21(17)18/h2-9,14H,10-13,15H2,1H3/b8-7+. The highest BCUT2D eigenvalue weighted by atomic mass is 16.5. The van der Waals surface area contributed by atoms with Crippen molar-refractivity contribution in [3.8, 4) is 0 Å². The van der Waals surface area contributed by atoms with Crippen molar-refractivity contribution in [2.75, 3.05) is 26.2 Å². The first kappa shape index (κ1) is 17.4. The average Bonchev–Trinajstić information content (AvgIpc) is 3.11. The molecule has 0 atom stereocenters. The maximum Gasteiger partial charge on any atom is 0.246 e. The van der Waals surface area contributed by atoms with Crippen molar-refractivity contribution >= 4 is 22.9 Å². The first-order valence-electron chi connectivity index (χ1n) is 9.14. The number of para-hydroxylation sites is 1. The Morgan fingerprint density at radius 3 is 2.78 bits per heavy atom. The Kier molecular flexibility index (Phi) is 4.98. The van der Waals surface area contributed by atoms with Gasteiger partial charge in [-0.1, -0.05) is 29.4 Å². The van der Waals surface area contributed by atoms with Crippen LogP contribution >= 0.6 is 0 Å². The molecule has 0 bridgehead atoms. The normalized spacial score (nSPS) is 15.7. The number of amides is 1. The number of nitrogens with zero attached hydrogens (tertiary/aromatic N) is 4. The summed E-state index contributed by atoms with van der Waals surface area (Å²) in [7, 11) is 0. The van der Waals surface area contributed by atoms with Crippen LogP contribution < -0.4 is 0 Å². The zero-order valence-electron chi connectivity index (χ0n) is 15.3. The van der Waals surface area contributed by atoms with Crippen LogP contribution in [0, 0.1) is 6.92 Å². The van der Waals surface area contributed by atoms with Crippen molar-refractivity contribution < 1.29 is 9.32 Å². The minimum Gasteiger partial charge on any atom is -0.360 e. The lowest BCUT2D eigenvalue weighted by Gasteiger charge is -2.33. The number of pyridine rings is 1. The van der Waals surface area contributed by atoms with Crippen molar-refractivity contribution in [2.24, 2.45) is 0 Å². The van der Waals surface area contributed by atoms with Gasteiger partial charge in [0.15, 0.2) is 5.76 Å². The minimum absolute atomic E-state index is 0.0399. The number of aromatic nitrogens is 2. The number of benzene rings is 1. The summed E-state index contributed by atoms with van der Waals surface area (Å²) < 4.78 is 5.27. The van der Waals surface area contributed by atoms with E-state index >= 15 is 0 Å². The van der Waals surface area contributed by atoms with Crippen LogP contribution in [0.15, 0.2) is 53.2 Å². The highest BCUT2D eigenvalue weighted by molar-refractivity contribution is 5.95. The predicted octanol–water partition coefficient (Wildman–Crippen LogP) is 2.89. The highest BCUT2D eigenvalue weighted by Gasteiger charge is 2.20. The fourth-order valence-corrected chi connectivity index (χ4v) is 3.37. The van der Waals surface area contributed by atoms with Crippen molar-refractivity contribution in [3.63, 3.8) is 0 Å². The molecule has 6 nitrogen and oxygen atoms in total. The second-order valence-electron chi connectivity index (χ2n) is 6.79. The maximum atomic E-state index is 12.5. The van der Waals surface area contributed by atoms with Gasteiger partial charge in [-0.3, -0.25) is 14.7 Å². The second-order valence-corrected chi connectivity index (χ2v) is 6.79. The van der Waals surface area contributed by atoms with Gasteiger partial charge in [0, 0.05) is 55.5 Å². The molecule has 1 aliphatic rings. The van der Waals surface area contributed by atoms with Crippen molar-refractivity contribution in [1.29, 1.82) is 0 Å². The first-order valence-corrected chi connectivity index (χ1v) is 9.14. The molecule has 1 aromatic carbocycles. The van der Waals surface area contributed by atoms with Gasteiger partial charge in [0.1, 0.15) is 0 Å². The zero-order chi connectivity index (χ0) is 18.6. The van der Waals surface area contributed by atoms with E-state index in [1.807, 2.05) is 54.3 Å². The number of piperazine rings is 1. The molecule has 1 amide bonds. The average molecular weight is 362 g/mol. The van der Waals surface area contributed by atoms with Crippen LogP contribution in [0.1, 0.15) is 17.0 Å². The summed E-state index contributed by atoms with van der Waals surface area (Å²) in [5.41, 5.74) is 2.77. The minimum atomic E-state index is 0.0399. The molecule has 1 saturated heterocycles. The Hall–Kier alpha value is -2.99. The molecule has 3 heterocycles. The number of aryl methyl sites for hydroxylation is 1. The van der Waals surface area contributed by atoms with Crippen molar-refractivity contribution in [1.82, 2.24) is 19.9 Å². The highest BCUT2D eigenvalue weighted by Crippen LogP contribution is 2.17. The second kappa shape index (κ2) is 7.72. The van der Waals surface area contributed by atoms with Crippen LogP contribution in [-0.2, 0) is 11.3 Å². The molecule has 27 heavy (non-hydrogen) atoms. The summed E-state index contributed by atoms with van der Waals surface area (Å²) in [6.07, 6.45) is 5.29. The molecule has 0 aliphatic carbocycles. The van der Waals surface area contributed by atoms with E-state index in [4.69, 9.17) is 4.52 Å². The molecule has 138 valence electrons. The monoisotopic (exact) mass is 362 g/mol. The summed E-state index contributed by atoms with van der Waals surface area (Å²) in [4.78, 5) is 21.1. The SMILES string of the molecule is Cc1cc(CN2CCN(C(=O)/C=C/c3cccc4cccnc34)CC2)on1. The summed E-state index contributed by atoms with van der Waals surface area (Å²) in [5, 5.41) is 4.99. The number of fused-ring (bicyclic) bond motifs is 1. The Labute approximate surface area is 158 Å². The van der Waals surface area contributed by atoms with Gasteiger partial charge in [0.05, 0.1) is 17.8 Å². The third-order valence-corrected chi connectivity index (χ3v) is 4.81. The Bertz CT molecular complexity index is 966. The topological polar surface area (TPSA) is 62.5 Å². The van der Waals surface area contributed by atoms with E-state index in [0.29, 0.717) is 13.1 Å². The third kappa shape index (κ3) is 4.06. The lowest BCUT2D eigenvalue weighted by Crippen LogP contribution is -2.47. The van der Waals surface area contributed by atoms with Crippen LogP contribution in [-0.4, -0.2) is 52.0 Å². The Morgan fingerprint density at radius 2 is 2.00 bits per heavy atom. The Balaban J connectivity index is 1.36. The lowest BCUT2D eigenvalue weighted by molar-refractivity contribution is -0.127. The molecule has 3 aromatic rings. The predicted molar refractivity (Wildman–Crippen MR) is 104 cm³/mol. The maximum absolute atomic E-state index is 12.5. The van der Waals surface area contributed by atoms with Gasteiger partial charge >= 0.3 is 0 Å². The van der Waals surface area contributed by atoms with Crippen LogP contribution in [0.5, 0.6) is 0 Å². The van der Waals surface area contributed by atoms with Gasteiger partial charge in [-0.05, 0) is 19.1 Å². The fraction of sp³-hybridized carbons (Fsp3) is 0.286. The van der Waals surface area contributed by atoms with E-state index in [2.05, 4.69) is 15.0 Å². The molecule has 0 radical (unpaired) electrons. The van der Waals surface area contributed by atoms with E-state index in [1.165, 1.54) is 0 Å². The fourth-order valence-electron chi connectivity index (χ4n) is 3.37. The third-order valence-electron chi connectivity index (χ3n) is 4.81. The number of carbonyl (C=O) groups is 1. The molecular weight excluding hydrogens is 340 g/mol. The molecule has 2 aromatic heterocycles. The molecule has 1 fully saturated rings. The molecule has 0 saturated carbocycles. The molecule has 1 aliphatic heterocycles. The zero-order valence-corrected chi connectivity index (χ0v) is 15.3. The summed E-state index contributed by atoms with van der Waals surface area (Å²) in [6, 6.07) is 11.9. The van der Waals surface area contributed by atoms with Crippen LogP contribution in [0.3, 0.4) is 0 Å². The first-order chi connectivity index (χ1) is 13.2. The van der Waals surface area contributed by atoms with Gasteiger partial charge in [-0.25, -0.2) is 0 Å². The molecular formula is C21H22N4O2. The van der Waals surface area contributed by atoms with E-state index in [9.17, 15) is 4.79 Å². The molecule has 0 spiro atoms. The quantitative estimate of drug-likeness (QED) is 0.668. The number of hydrogen-bond acceptors (Lipinski definition) is 5. The van der Waals surface area contributed by atoms with Crippen molar-refractivity contribution in [2.45, 2.75) is 13.5 Å². The smallest absolute Gasteiger partial charge is 0.246 e. The van der Waals surface area contributed by atoms with Gasteiger partial charge in [0.2, 0.25) is 5.91 Å². The van der Waals surface area contributed by atoms with Gasteiger partial charge in [-0.2, -0.15) is 0 Å². The number of rotatable bonds is 4. The van der Waals surface area contributed by atoms with E-state index in [1.54, 1.807) is 12.3 Å². The van der Waals surface area contributed by atoms with Crippen LogP contribution in [0.25, 0.3) is 17.0 Å². The summed E-state index contributed by atoms with van der Waals surface area (Å²) in [6.45, 7) is 5.74. The lowest BCUT2D eigenvalue weighted by atomic mass is 10.1. The van der Waals surface area contributed by atoms with Crippen molar-refractivity contribution in [3.05, 3.63) is 65.7 Å². The summed E-state index contributed by atoms with van der Waals surface area (Å²) >= 11 is 0. The largest absolute Gasteiger partial charge is 0.360 e. The van der Waals surface area contributed by atoms with Gasteiger partial charge in [0.25, 0.3) is 0 Å². The van der Waals surface area contributed by atoms with E-state index in [-0.39, 0.29) is 5.91 Å². The van der Waals surface area contributed by atoms with Crippen LogP contribution in [0.2, 0.25) is 0 Å². The van der Waals surface area contributed by atoms with Gasteiger partial charge in [-0.15, -0.1) is 0 Å². The van der Waals surface area contributed by atoms with E-state index in [0.717, 1.165) is 47.6 Å². The summed E-state index contributed by atoms with van der Waals surface area (Å²) in [5.74, 6) is 0.911. The van der Waals surface area contributed by atoms with E-state index < -0.39 is 0 Å². The van der Waals surface area contributed by atoms with Gasteiger partial charge < -0.3 is 9.42 Å². The van der Waals surface area contributed by atoms with Crippen LogP contribution in [0.4, 0.5) is 0 Å². The molecule has 0 N–H and O–H groups in total. The molecule has 0 unspecified atom stereocenters. The number of carbonyl (C=O) groups excluding carboxylic acids is 1. The molecule has 4 rings (SSSR count). The Morgan fingerprint density at radius 1 is 1.19 bits per heavy atom.